The molecule has 5 heteroatoms. The number of thioether (sulfide) groups is 1. The minimum atomic E-state index is -0.0888. The van der Waals surface area contributed by atoms with Gasteiger partial charge in [0.15, 0.2) is 0 Å². The molecule has 0 radical (unpaired) electrons. The number of nitrogens with one attached hydrogen (secondary N) is 1. The smallest absolute Gasteiger partial charge is 0.253 e. The van der Waals surface area contributed by atoms with Crippen LogP contribution in [0.2, 0.25) is 0 Å². The van der Waals surface area contributed by atoms with E-state index in [0.29, 0.717) is 18.3 Å². The van der Waals surface area contributed by atoms with Gasteiger partial charge < -0.3 is 0 Å². The highest BCUT2D eigenvalue weighted by molar-refractivity contribution is 8.01. The van der Waals surface area contributed by atoms with Crippen LogP contribution >= 0.6 is 23.1 Å². The zero-order valence-corrected chi connectivity index (χ0v) is 10.5. The first-order valence-corrected chi connectivity index (χ1v) is 6.62. The quantitative estimate of drug-likeness (QED) is 0.618. The first kappa shape index (κ1) is 12.5. The van der Waals surface area contributed by atoms with Gasteiger partial charge in [0.05, 0.1) is 16.6 Å². The van der Waals surface area contributed by atoms with Crippen molar-refractivity contribution >= 4 is 29.0 Å². The third-order valence-corrected chi connectivity index (χ3v) is 3.57. The second-order valence-corrected chi connectivity index (χ2v) is 5.67. The van der Waals surface area contributed by atoms with Crippen LogP contribution in [0.3, 0.4) is 0 Å². The molecular weight excluding hydrogens is 230 g/mol. The van der Waals surface area contributed by atoms with Crippen LogP contribution in [0, 0.1) is 5.92 Å². The van der Waals surface area contributed by atoms with Gasteiger partial charge in [-0.2, -0.15) is 0 Å². The molecule has 1 aromatic rings. The molecular formula is C10H15NO2S2. The van der Waals surface area contributed by atoms with Crippen LogP contribution in [0.4, 0.5) is 0 Å². The minimum Gasteiger partial charge on any atom is -0.273 e. The molecule has 3 nitrogen and oxygen atoms in total. The maximum absolute atomic E-state index is 11.3. The molecule has 0 bridgehead atoms. The lowest BCUT2D eigenvalue weighted by Crippen LogP contribution is -2.27. The second kappa shape index (κ2) is 6.87. The van der Waals surface area contributed by atoms with Crippen LogP contribution < -0.4 is 5.48 Å². The largest absolute Gasteiger partial charge is 0.273 e. The summed E-state index contributed by atoms with van der Waals surface area (Å²) in [6.45, 7) is 4.62. The van der Waals surface area contributed by atoms with E-state index >= 15 is 0 Å². The van der Waals surface area contributed by atoms with Gasteiger partial charge in [0.2, 0.25) is 0 Å². The molecule has 0 aromatic carbocycles. The van der Waals surface area contributed by atoms with Crippen molar-refractivity contribution in [2.24, 2.45) is 5.92 Å². The van der Waals surface area contributed by atoms with Crippen LogP contribution in [-0.4, -0.2) is 18.3 Å². The summed E-state index contributed by atoms with van der Waals surface area (Å²) < 4.78 is 1.15. The van der Waals surface area contributed by atoms with Gasteiger partial charge in [-0.05, 0) is 17.4 Å². The number of carbonyl (C=O) groups is 1. The summed E-state index contributed by atoms with van der Waals surface area (Å²) in [4.78, 5) is 16.3. The SMILES string of the molecule is CC(C)CONC(=O)CSc1cccs1. The van der Waals surface area contributed by atoms with Gasteiger partial charge in [-0.25, -0.2) is 5.48 Å². The molecule has 1 N–H and O–H groups in total. The van der Waals surface area contributed by atoms with E-state index in [4.69, 9.17) is 4.84 Å². The summed E-state index contributed by atoms with van der Waals surface area (Å²) in [5.41, 5.74) is 2.42. The molecule has 0 aliphatic heterocycles. The van der Waals surface area contributed by atoms with Crippen molar-refractivity contribution in [3.8, 4) is 0 Å². The summed E-state index contributed by atoms with van der Waals surface area (Å²) >= 11 is 3.16. The zero-order valence-electron chi connectivity index (χ0n) is 8.86. The molecule has 0 aliphatic rings. The minimum absolute atomic E-state index is 0.0888. The third-order valence-electron chi connectivity index (χ3n) is 1.44. The van der Waals surface area contributed by atoms with Crippen LogP contribution in [0.1, 0.15) is 13.8 Å². The summed E-state index contributed by atoms with van der Waals surface area (Å²) in [6.07, 6.45) is 0. The number of thiophene rings is 1. The van der Waals surface area contributed by atoms with Crippen molar-refractivity contribution in [3.63, 3.8) is 0 Å². The first-order chi connectivity index (χ1) is 7.18. The lowest BCUT2D eigenvalue weighted by molar-refractivity contribution is -0.131. The summed E-state index contributed by atoms with van der Waals surface area (Å²) in [6, 6.07) is 3.97. The van der Waals surface area contributed by atoms with E-state index in [2.05, 4.69) is 5.48 Å². The van der Waals surface area contributed by atoms with E-state index in [-0.39, 0.29) is 5.91 Å². The molecule has 1 aromatic heterocycles. The fraction of sp³-hybridized carbons (Fsp3) is 0.500. The maximum atomic E-state index is 11.3. The Morgan fingerprint density at radius 1 is 1.67 bits per heavy atom. The lowest BCUT2D eigenvalue weighted by Gasteiger charge is -2.06. The Morgan fingerprint density at radius 2 is 2.47 bits per heavy atom. The Bertz CT molecular complexity index is 286. The number of carbonyl (C=O) groups excluding carboxylic acids is 1. The average molecular weight is 245 g/mol. The van der Waals surface area contributed by atoms with Crippen molar-refractivity contribution in [3.05, 3.63) is 17.5 Å². The molecule has 0 fully saturated rings. The van der Waals surface area contributed by atoms with Gasteiger partial charge >= 0.3 is 0 Å². The average Bonchev–Trinajstić information content (AvgIpc) is 2.66. The van der Waals surface area contributed by atoms with E-state index in [0.717, 1.165) is 4.21 Å². The lowest BCUT2D eigenvalue weighted by atomic mass is 10.2. The highest BCUT2D eigenvalue weighted by Gasteiger charge is 2.03. The molecule has 1 rings (SSSR count). The van der Waals surface area contributed by atoms with Gasteiger partial charge in [-0.1, -0.05) is 19.9 Å². The van der Waals surface area contributed by atoms with Crippen molar-refractivity contribution in [2.45, 2.75) is 18.1 Å². The van der Waals surface area contributed by atoms with E-state index in [9.17, 15) is 4.79 Å². The fourth-order valence-electron chi connectivity index (χ4n) is 0.801. The van der Waals surface area contributed by atoms with E-state index in [1.54, 1.807) is 11.3 Å². The predicted molar refractivity (Wildman–Crippen MR) is 64.0 cm³/mol. The second-order valence-electron chi connectivity index (χ2n) is 3.45. The maximum Gasteiger partial charge on any atom is 0.253 e. The van der Waals surface area contributed by atoms with Gasteiger partial charge in [-0.3, -0.25) is 9.63 Å². The number of rotatable bonds is 6. The van der Waals surface area contributed by atoms with Crippen molar-refractivity contribution < 1.29 is 9.63 Å². The predicted octanol–water partition coefficient (Wildman–Crippen LogP) is 2.54. The molecule has 0 unspecified atom stereocenters. The molecule has 0 aliphatic carbocycles. The van der Waals surface area contributed by atoms with Crippen molar-refractivity contribution in [1.29, 1.82) is 0 Å². The molecule has 84 valence electrons. The number of hydrogen-bond acceptors (Lipinski definition) is 4. The molecule has 0 saturated carbocycles. The Kier molecular flexibility index (Phi) is 5.75. The van der Waals surface area contributed by atoms with E-state index < -0.39 is 0 Å². The number of hydrogen-bond donors (Lipinski definition) is 1. The topological polar surface area (TPSA) is 38.3 Å². The van der Waals surface area contributed by atoms with Crippen molar-refractivity contribution in [1.82, 2.24) is 5.48 Å². The van der Waals surface area contributed by atoms with Gasteiger partial charge in [-0.15, -0.1) is 23.1 Å². The van der Waals surface area contributed by atoms with Crippen molar-refractivity contribution in [2.75, 3.05) is 12.4 Å². The normalized spacial score (nSPS) is 10.6. The van der Waals surface area contributed by atoms with Gasteiger partial charge in [0.1, 0.15) is 0 Å². The molecule has 0 spiro atoms. The highest BCUT2D eigenvalue weighted by Crippen LogP contribution is 2.22. The van der Waals surface area contributed by atoms with Crippen LogP contribution in [0.25, 0.3) is 0 Å². The Hall–Kier alpha value is -0.520. The zero-order chi connectivity index (χ0) is 11.1. The van der Waals surface area contributed by atoms with Crippen LogP contribution in [0.5, 0.6) is 0 Å². The molecule has 15 heavy (non-hydrogen) atoms. The Labute approximate surface area is 98.2 Å². The Morgan fingerprint density at radius 3 is 3.07 bits per heavy atom. The summed E-state index contributed by atoms with van der Waals surface area (Å²) in [7, 11) is 0. The highest BCUT2D eigenvalue weighted by atomic mass is 32.2. The van der Waals surface area contributed by atoms with Crippen LogP contribution in [0.15, 0.2) is 21.7 Å². The summed E-state index contributed by atoms with van der Waals surface area (Å²) in [5, 5.41) is 2.00. The van der Waals surface area contributed by atoms with E-state index in [1.807, 2.05) is 31.4 Å². The van der Waals surface area contributed by atoms with Crippen LogP contribution in [-0.2, 0) is 9.63 Å². The third kappa shape index (κ3) is 5.81. The molecule has 1 amide bonds. The molecule has 0 saturated heterocycles. The molecule has 1 heterocycles. The Balaban J connectivity index is 2.09. The number of hydroxylamine groups is 1. The van der Waals surface area contributed by atoms with Gasteiger partial charge in [0.25, 0.3) is 5.91 Å². The van der Waals surface area contributed by atoms with Gasteiger partial charge in [0, 0.05) is 0 Å². The standard InChI is InChI=1S/C10H15NO2S2/c1-8(2)6-13-11-9(12)7-15-10-4-3-5-14-10/h3-5,8H,6-7H2,1-2H3,(H,11,12). The monoisotopic (exact) mass is 245 g/mol. The molecule has 0 atom stereocenters. The first-order valence-electron chi connectivity index (χ1n) is 4.75. The fourth-order valence-corrected chi connectivity index (χ4v) is 2.37. The summed E-state index contributed by atoms with van der Waals surface area (Å²) in [5.74, 6) is 0.739. The van der Waals surface area contributed by atoms with E-state index in [1.165, 1.54) is 11.8 Å². The number of amides is 1.